The number of carbonyl (C=O) groups excluding carboxylic acids is 1. The first-order valence-electron chi connectivity index (χ1n) is 10.6. The molecule has 2 aromatic carbocycles. The first kappa shape index (κ1) is 24.5. The van der Waals surface area contributed by atoms with Crippen molar-refractivity contribution >= 4 is 29.1 Å². The summed E-state index contributed by atoms with van der Waals surface area (Å²) in [5.41, 5.74) is 1.82. The van der Waals surface area contributed by atoms with E-state index < -0.39 is 0 Å². The molecule has 0 radical (unpaired) electrons. The number of ether oxygens (including phenoxy) is 3. The molecule has 6 nitrogen and oxygen atoms in total. The van der Waals surface area contributed by atoms with Gasteiger partial charge < -0.3 is 19.1 Å². The van der Waals surface area contributed by atoms with Crippen LogP contribution in [0.3, 0.4) is 0 Å². The van der Waals surface area contributed by atoms with Crippen molar-refractivity contribution in [2.45, 2.75) is 25.9 Å². The topological polar surface area (TPSA) is 51.2 Å². The summed E-state index contributed by atoms with van der Waals surface area (Å²) in [7, 11) is 6.56. The quantitative estimate of drug-likeness (QED) is 0.538. The zero-order valence-corrected chi connectivity index (χ0v) is 20.5. The zero-order chi connectivity index (χ0) is 23.3. The molecule has 1 amide bonds. The molecule has 1 aliphatic heterocycles. The van der Waals surface area contributed by atoms with Crippen molar-refractivity contribution < 1.29 is 19.0 Å². The van der Waals surface area contributed by atoms with E-state index in [2.05, 4.69) is 4.90 Å². The second-order valence-corrected chi connectivity index (χ2v) is 8.82. The Morgan fingerprint density at radius 1 is 1.09 bits per heavy atom. The molecular formula is C24H30Cl2N2O4. The summed E-state index contributed by atoms with van der Waals surface area (Å²) < 4.78 is 16.2. The van der Waals surface area contributed by atoms with E-state index in [1.165, 1.54) is 0 Å². The van der Waals surface area contributed by atoms with Crippen LogP contribution in [-0.4, -0.2) is 57.2 Å². The maximum atomic E-state index is 13.2. The molecule has 1 heterocycles. The molecule has 0 saturated carbocycles. The number of hydrogen-bond acceptors (Lipinski definition) is 5. The Morgan fingerprint density at radius 3 is 2.28 bits per heavy atom. The first-order chi connectivity index (χ1) is 15.4. The summed E-state index contributed by atoms with van der Waals surface area (Å²) in [6, 6.07) is 9.28. The van der Waals surface area contributed by atoms with Crippen LogP contribution in [-0.2, 0) is 17.9 Å². The predicted molar refractivity (Wildman–Crippen MR) is 127 cm³/mol. The molecule has 32 heavy (non-hydrogen) atoms. The van der Waals surface area contributed by atoms with E-state index in [1.807, 2.05) is 37.4 Å². The first-order valence-corrected chi connectivity index (χ1v) is 11.3. The minimum Gasteiger partial charge on any atom is -0.493 e. The van der Waals surface area contributed by atoms with E-state index in [0.717, 1.165) is 30.5 Å². The average Bonchev–Trinajstić information content (AvgIpc) is 2.80. The lowest BCUT2D eigenvalue weighted by atomic mass is 9.96. The summed E-state index contributed by atoms with van der Waals surface area (Å²) in [6.07, 6.45) is 1.82. The van der Waals surface area contributed by atoms with Gasteiger partial charge in [0.2, 0.25) is 11.7 Å². The largest absolute Gasteiger partial charge is 0.493 e. The Labute approximate surface area is 199 Å². The highest BCUT2D eigenvalue weighted by Gasteiger charge is 2.29. The fourth-order valence-electron chi connectivity index (χ4n) is 4.20. The third-order valence-electron chi connectivity index (χ3n) is 5.82. The fourth-order valence-corrected chi connectivity index (χ4v) is 4.71. The van der Waals surface area contributed by atoms with E-state index in [4.69, 9.17) is 37.4 Å². The van der Waals surface area contributed by atoms with E-state index in [0.29, 0.717) is 46.9 Å². The zero-order valence-electron chi connectivity index (χ0n) is 19.0. The van der Waals surface area contributed by atoms with Gasteiger partial charge in [-0.05, 0) is 49.2 Å². The van der Waals surface area contributed by atoms with E-state index >= 15 is 0 Å². The molecule has 0 aromatic heterocycles. The number of rotatable bonds is 8. The van der Waals surface area contributed by atoms with Crippen LogP contribution in [0.1, 0.15) is 24.0 Å². The summed E-state index contributed by atoms with van der Waals surface area (Å²) in [5.74, 6) is 1.73. The molecule has 1 aliphatic rings. The minimum atomic E-state index is -0.0722. The Kier molecular flexibility index (Phi) is 8.51. The van der Waals surface area contributed by atoms with Crippen molar-refractivity contribution in [3.63, 3.8) is 0 Å². The molecule has 8 heteroatoms. The van der Waals surface area contributed by atoms with Crippen molar-refractivity contribution in [1.82, 2.24) is 9.80 Å². The fraction of sp³-hybridized carbons (Fsp3) is 0.458. The summed E-state index contributed by atoms with van der Waals surface area (Å²) in [4.78, 5) is 17.2. The second-order valence-electron chi connectivity index (χ2n) is 8.00. The van der Waals surface area contributed by atoms with Crippen LogP contribution in [0.25, 0.3) is 0 Å². The maximum Gasteiger partial charge on any atom is 0.227 e. The van der Waals surface area contributed by atoms with Gasteiger partial charge in [0.25, 0.3) is 0 Å². The van der Waals surface area contributed by atoms with Gasteiger partial charge in [-0.1, -0.05) is 29.3 Å². The second kappa shape index (κ2) is 11.1. The predicted octanol–water partition coefficient (Wildman–Crippen LogP) is 4.89. The number of amides is 1. The molecule has 1 unspecified atom stereocenters. The molecule has 1 saturated heterocycles. The highest BCUT2D eigenvalue weighted by molar-refractivity contribution is 6.35. The highest BCUT2D eigenvalue weighted by atomic mass is 35.5. The lowest BCUT2D eigenvalue weighted by Crippen LogP contribution is -2.43. The SMILES string of the molecule is COc1cc(CN(C)C(=O)C2CCCN(Cc3c(Cl)cccc3Cl)C2)cc(OC)c1OC. The number of carbonyl (C=O) groups is 1. The van der Waals surface area contributed by atoms with Crippen LogP contribution in [0.2, 0.25) is 10.0 Å². The molecule has 0 N–H and O–H groups in total. The Balaban J connectivity index is 1.68. The Hall–Kier alpha value is -2.15. The smallest absolute Gasteiger partial charge is 0.227 e. The van der Waals surface area contributed by atoms with Crippen LogP contribution in [0.15, 0.2) is 30.3 Å². The lowest BCUT2D eigenvalue weighted by molar-refractivity contribution is -0.136. The van der Waals surface area contributed by atoms with E-state index in [9.17, 15) is 4.79 Å². The number of methoxy groups -OCH3 is 3. The Morgan fingerprint density at radius 2 is 1.72 bits per heavy atom. The van der Waals surface area contributed by atoms with Gasteiger partial charge in [-0.25, -0.2) is 0 Å². The van der Waals surface area contributed by atoms with Gasteiger partial charge in [-0.2, -0.15) is 0 Å². The van der Waals surface area contributed by atoms with Gasteiger partial charge >= 0.3 is 0 Å². The third kappa shape index (κ3) is 5.61. The summed E-state index contributed by atoms with van der Waals surface area (Å²) in [6.45, 7) is 2.68. The van der Waals surface area contributed by atoms with Crippen molar-refractivity contribution in [2.75, 3.05) is 41.5 Å². The Bertz CT molecular complexity index is 908. The van der Waals surface area contributed by atoms with Gasteiger partial charge in [-0.3, -0.25) is 9.69 Å². The van der Waals surface area contributed by atoms with Gasteiger partial charge in [0.1, 0.15) is 0 Å². The third-order valence-corrected chi connectivity index (χ3v) is 6.53. The number of likely N-dealkylation sites (tertiary alicyclic amines) is 1. The molecule has 0 spiro atoms. The highest BCUT2D eigenvalue weighted by Crippen LogP contribution is 2.38. The minimum absolute atomic E-state index is 0.0722. The molecule has 2 aromatic rings. The van der Waals surface area contributed by atoms with Gasteiger partial charge in [0.15, 0.2) is 11.5 Å². The molecule has 174 valence electrons. The number of piperidine rings is 1. The number of nitrogens with zero attached hydrogens (tertiary/aromatic N) is 2. The van der Waals surface area contributed by atoms with E-state index in [1.54, 1.807) is 26.2 Å². The normalized spacial score (nSPS) is 16.5. The standard InChI is InChI=1S/C24H30Cl2N2O4/c1-27(13-16-11-21(30-2)23(32-4)22(12-16)31-3)24(29)17-7-6-10-28(14-17)15-18-19(25)8-5-9-20(18)26/h5,8-9,11-12,17H,6-7,10,13-15H2,1-4H3. The number of halogens is 2. The van der Waals surface area contributed by atoms with Crippen molar-refractivity contribution in [1.29, 1.82) is 0 Å². The molecule has 0 aliphatic carbocycles. The van der Waals surface area contributed by atoms with Gasteiger partial charge in [0, 0.05) is 42.3 Å². The van der Waals surface area contributed by atoms with Gasteiger partial charge in [-0.15, -0.1) is 0 Å². The van der Waals surface area contributed by atoms with Crippen LogP contribution in [0.5, 0.6) is 17.2 Å². The molecule has 1 fully saturated rings. The van der Waals surface area contributed by atoms with Crippen molar-refractivity contribution in [2.24, 2.45) is 5.92 Å². The summed E-state index contributed by atoms with van der Waals surface area (Å²) in [5, 5.41) is 1.32. The maximum absolute atomic E-state index is 13.2. The van der Waals surface area contributed by atoms with E-state index in [-0.39, 0.29) is 11.8 Å². The van der Waals surface area contributed by atoms with Crippen molar-refractivity contribution in [3.8, 4) is 17.2 Å². The van der Waals surface area contributed by atoms with Crippen LogP contribution >= 0.6 is 23.2 Å². The molecule has 1 atom stereocenters. The molecule has 3 rings (SSSR count). The van der Waals surface area contributed by atoms with Crippen LogP contribution in [0, 0.1) is 5.92 Å². The monoisotopic (exact) mass is 480 g/mol. The van der Waals surface area contributed by atoms with Crippen LogP contribution < -0.4 is 14.2 Å². The number of benzene rings is 2. The summed E-state index contributed by atoms with van der Waals surface area (Å²) >= 11 is 12.7. The van der Waals surface area contributed by atoms with Crippen molar-refractivity contribution in [3.05, 3.63) is 51.5 Å². The average molecular weight is 481 g/mol. The molecular weight excluding hydrogens is 451 g/mol. The molecule has 0 bridgehead atoms. The van der Waals surface area contributed by atoms with Gasteiger partial charge in [0.05, 0.1) is 27.2 Å². The van der Waals surface area contributed by atoms with Crippen LogP contribution in [0.4, 0.5) is 0 Å². The lowest BCUT2D eigenvalue weighted by Gasteiger charge is -2.34. The number of hydrogen-bond donors (Lipinski definition) is 0.